The minimum absolute atomic E-state index is 0.525. The van der Waals surface area contributed by atoms with Crippen LogP contribution < -0.4 is 0 Å². The molecule has 0 spiro atoms. The lowest BCUT2D eigenvalue weighted by atomic mass is 10.1. The third-order valence-electron chi connectivity index (χ3n) is 2.77. The molecule has 6 heteroatoms. The number of aromatic amines is 1. The minimum Gasteiger partial charge on any atom is -0.337 e. The molecule has 2 heterocycles. The molecule has 0 aliphatic carbocycles. The molecule has 3 nitrogen and oxygen atoms in total. The van der Waals surface area contributed by atoms with Gasteiger partial charge in [0.15, 0.2) is 0 Å². The molecule has 0 aliphatic heterocycles. The van der Waals surface area contributed by atoms with E-state index in [9.17, 15) is 13.2 Å². The van der Waals surface area contributed by atoms with Crippen LogP contribution in [0.4, 0.5) is 13.2 Å². The third kappa shape index (κ3) is 2.16. The average molecular weight is 263 g/mol. The van der Waals surface area contributed by atoms with Crippen molar-refractivity contribution in [3.63, 3.8) is 0 Å². The summed E-state index contributed by atoms with van der Waals surface area (Å²) in [5, 5.41) is 0. The first-order valence-electron chi connectivity index (χ1n) is 5.51. The van der Waals surface area contributed by atoms with Gasteiger partial charge in [-0.25, -0.2) is 4.98 Å². The van der Waals surface area contributed by atoms with Gasteiger partial charge in [0.1, 0.15) is 5.82 Å². The number of pyridine rings is 1. The van der Waals surface area contributed by atoms with Crippen molar-refractivity contribution in [2.24, 2.45) is 0 Å². The number of aromatic nitrogens is 3. The Bertz CT molecular complexity index is 681. The van der Waals surface area contributed by atoms with Crippen molar-refractivity contribution in [3.05, 3.63) is 48.3 Å². The molecule has 96 valence electrons. The van der Waals surface area contributed by atoms with Gasteiger partial charge in [-0.15, -0.1) is 0 Å². The Balaban J connectivity index is 2.02. The van der Waals surface area contributed by atoms with E-state index in [1.165, 1.54) is 12.1 Å². The standard InChI is InChI=1S/C13H8F3N3/c14-13(15,16)9-3-1-8(2-4-9)12-18-10-5-6-17-7-11(10)19-12/h1-7H,(H,18,19). The number of imidazole rings is 1. The van der Waals surface area contributed by atoms with Crippen molar-refractivity contribution in [1.29, 1.82) is 0 Å². The molecule has 0 saturated carbocycles. The molecular formula is C13H8F3N3. The summed E-state index contributed by atoms with van der Waals surface area (Å²) < 4.78 is 37.4. The summed E-state index contributed by atoms with van der Waals surface area (Å²) in [5.74, 6) is 0.525. The Hall–Kier alpha value is -2.37. The van der Waals surface area contributed by atoms with Crippen LogP contribution in [-0.2, 0) is 6.18 Å². The first-order chi connectivity index (χ1) is 9.04. The lowest BCUT2D eigenvalue weighted by Gasteiger charge is -2.06. The molecule has 19 heavy (non-hydrogen) atoms. The molecule has 0 unspecified atom stereocenters. The van der Waals surface area contributed by atoms with E-state index in [0.29, 0.717) is 11.4 Å². The molecule has 0 bridgehead atoms. The van der Waals surface area contributed by atoms with Gasteiger partial charge in [-0.1, -0.05) is 12.1 Å². The molecular weight excluding hydrogens is 255 g/mol. The fraction of sp³-hybridized carbons (Fsp3) is 0.0769. The average Bonchev–Trinajstić information content (AvgIpc) is 2.81. The molecule has 0 amide bonds. The predicted octanol–water partition coefficient (Wildman–Crippen LogP) is 3.64. The van der Waals surface area contributed by atoms with Gasteiger partial charge in [-0.05, 0) is 18.2 Å². The van der Waals surface area contributed by atoms with E-state index < -0.39 is 11.7 Å². The van der Waals surface area contributed by atoms with Crippen LogP contribution in [0, 0.1) is 0 Å². The maximum atomic E-state index is 12.5. The van der Waals surface area contributed by atoms with Gasteiger partial charge in [0.05, 0.1) is 22.8 Å². The zero-order valence-corrected chi connectivity index (χ0v) is 9.57. The summed E-state index contributed by atoms with van der Waals surface area (Å²) in [6.07, 6.45) is -1.09. The highest BCUT2D eigenvalue weighted by molar-refractivity contribution is 5.78. The Morgan fingerprint density at radius 2 is 1.74 bits per heavy atom. The van der Waals surface area contributed by atoms with E-state index in [4.69, 9.17) is 0 Å². The number of benzene rings is 1. The van der Waals surface area contributed by atoms with Gasteiger partial charge >= 0.3 is 6.18 Å². The van der Waals surface area contributed by atoms with Crippen molar-refractivity contribution in [1.82, 2.24) is 15.0 Å². The monoisotopic (exact) mass is 263 g/mol. The van der Waals surface area contributed by atoms with Crippen LogP contribution in [0.15, 0.2) is 42.7 Å². The summed E-state index contributed by atoms with van der Waals surface area (Å²) in [6.45, 7) is 0. The number of nitrogens with one attached hydrogen (secondary N) is 1. The first kappa shape index (κ1) is 11.7. The second-order valence-electron chi connectivity index (χ2n) is 4.05. The number of fused-ring (bicyclic) bond motifs is 1. The number of alkyl halides is 3. The molecule has 1 aromatic carbocycles. The molecule has 2 aromatic heterocycles. The zero-order chi connectivity index (χ0) is 13.5. The second kappa shape index (κ2) is 4.08. The molecule has 1 N–H and O–H groups in total. The Labute approximate surface area is 106 Å². The molecule has 0 radical (unpaired) electrons. The maximum Gasteiger partial charge on any atom is 0.416 e. The highest BCUT2D eigenvalue weighted by Crippen LogP contribution is 2.30. The number of nitrogens with zero attached hydrogens (tertiary/aromatic N) is 2. The molecule has 0 atom stereocenters. The predicted molar refractivity (Wildman–Crippen MR) is 64.3 cm³/mol. The Morgan fingerprint density at radius 3 is 2.37 bits per heavy atom. The van der Waals surface area contributed by atoms with Crippen molar-refractivity contribution < 1.29 is 13.2 Å². The number of H-pyrrole nitrogens is 1. The van der Waals surface area contributed by atoms with Crippen molar-refractivity contribution in [2.45, 2.75) is 6.18 Å². The summed E-state index contributed by atoms with van der Waals surface area (Å²) in [7, 11) is 0. The Kier molecular flexibility index (Phi) is 2.51. The van der Waals surface area contributed by atoms with Crippen LogP contribution in [0.5, 0.6) is 0 Å². The van der Waals surface area contributed by atoms with Gasteiger partial charge in [-0.2, -0.15) is 13.2 Å². The highest BCUT2D eigenvalue weighted by atomic mass is 19.4. The number of halogens is 3. The van der Waals surface area contributed by atoms with Crippen LogP contribution in [0.2, 0.25) is 0 Å². The summed E-state index contributed by atoms with van der Waals surface area (Å²) >= 11 is 0. The molecule has 0 aliphatic rings. The van der Waals surface area contributed by atoms with Gasteiger partial charge in [0, 0.05) is 11.8 Å². The minimum atomic E-state index is -4.32. The van der Waals surface area contributed by atoms with Crippen LogP contribution in [0.25, 0.3) is 22.4 Å². The fourth-order valence-corrected chi connectivity index (χ4v) is 1.81. The smallest absolute Gasteiger partial charge is 0.337 e. The van der Waals surface area contributed by atoms with E-state index in [2.05, 4.69) is 15.0 Å². The van der Waals surface area contributed by atoms with E-state index >= 15 is 0 Å². The van der Waals surface area contributed by atoms with Crippen LogP contribution in [0.3, 0.4) is 0 Å². The normalized spacial score (nSPS) is 11.9. The van der Waals surface area contributed by atoms with E-state index in [1.807, 2.05) is 0 Å². The molecule has 0 fully saturated rings. The van der Waals surface area contributed by atoms with Gasteiger partial charge < -0.3 is 4.98 Å². The lowest BCUT2D eigenvalue weighted by Crippen LogP contribution is -2.04. The van der Waals surface area contributed by atoms with Crippen LogP contribution >= 0.6 is 0 Å². The van der Waals surface area contributed by atoms with Gasteiger partial charge in [-0.3, -0.25) is 4.98 Å². The topological polar surface area (TPSA) is 41.6 Å². The zero-order valence-electron chi connectivity index (χ0n) is 9.57. The fourth-order valence-electron chi connectivity index (χ4n) is 1.81. The van der Waals surface area contributed by atoms with E-state index in [-0.39, 0.29) is 0 Å². The first-order valence-corrected chi connectivity index (χ1v) is 5.51. The summed E-state index contributed by atoms with van der Waals surface area (Å²) in [5.41, 5.74) is 1.40. The lowest BCUT2D eigenvalue weighted by molar-refractivity contribution is -0.137. The van der Waals surface area contributed by atoms with E-state index in [0.717, 1.165) is 23.2 Å². The molecule has 3 aromatic rings. The largest absolute Gasteiger partial charge is 0.416 e. The Morgan fingerprint density at radius 1 is 1.00 bits per heavy atom. The molecule has 0 saturated heterocycles. The van der Waals surface area contributed by atoms with Gasteiger partial charge in [0.25, 0.3) is 0 Å². The van der Waals surface area contributed by atoms with Crippen LogP contribution in [0.1, 0.15) is 5.56 Å². The van der Waals surface area contributed by atoms with Crippen LogP contribution in [-0.4, -0.2) is 15.0 Å². The number of hydrogen-bond acceptors (Lipinski definition) is 2. The quantitative estimate of drug-likeness (QED) is 0.728. The van der Waals surface area contributed by atoms with E-state index in [1.54, 1.807) is 18.5 Å². The molecule has 3 rings (SSSR count). The number of rotatable bonds is 1. The second-order valence-corrected chi connectivity index (χ2v) is 4.05. The summed E-state index contributed by atoms with van der Waals surface area (Å²) in [4.78, 5) is 11.3. The third-order valence-corrected chi connectivity index (χ3v) is 2.77. The number of hydrogen-bond donors (Lipinski definition) is 1. The van der Waals surface area contributed by atoms with Crippen molar-refractivity contribution in [2.75, 3.05) is 0 Å². The van der Waals surface area contributed by atoms with Crippen molar-refractivity contribution in [3.8, 4) is 11.4 Å². The SMILES string of the molecule is FC(F)(F)c1ccc(-c2nc3ccncc3[nH]2)cc1. The maximum absolute atomic E-state index is 12.5. The van der Waals surface area contributed by atoms with Gasteiger partial charge in [0.2, 0.25) is 0 Å². The summed E-state index contributed by atoms with van der Waals surface area (Å²) in [6, 6.07) is 6.61. The van der Waals surface area contributed by atoms with Crippen molar-refractivity contribution >= 4 is 11.0 Å². The highest BCUT2D eigenvalue weighted by Gasteiger charge is 2.30.